The standard InChI is InChI=1S/C21H20Cl2N6O3/c1-11(19-25-8-13(9-26-19)14-4-3-5-15(22)18(14)23)27-20-24-7-6-17(28-20)29-16(12(2)30)10-32-21(29)31/h3-9,11-12,16,30H,10H2,1-2H3,(H,24,27,28)/t11?,12?,16-/m1/s1. The molecule has 4 rings (SSSR count). The minimum atomic E-state index is -0.772. The van der Waals surface area contributed by atoms with Crippen LogP contribution in [0.3, 0.4) is 0 Å². The number of cyclic esters (lactones) is 1. The van der Waals surface area contributed by atoms with Crippen molar-refractivity contribution in [3.05, 3.63) is 58.7 Å². The van der Waals surface area contributed by atoms with E-state index in [0.717, 1.165) is 11.1 Å². The molecule has 0 saturated carbocycles. The molecule has 0 radical (unpaired) electrons. The van der Waals surface area contributed by atoms with Crippen molar-refractivity contribution >= 4 is 41.1 Å². The number of benzene rings is 1. The molecule has 2 aromatic heterocycles. The maximum absolute atomic E-state index is 12.1. The van der Waals surface area contributed by atoms with Gasteiger partial charge in [0.15, 0.2) is 0 Å². The van der Waals surface area contributed by atoms with Crippen LogP contribution in [0.25, 0.3) is 11.1 Å². The van der Waals surface area contributed by atoms with Crippen LogP contribution in [-0.2, 0) is 4.74 Å². The van der Waals surface area contributed by atoms with Gasteiger partial charge in [-0.05, 0) is 26.0 Å². The molecule has 1 aliphatic heterocycles. The lowest BCUT2D eigenvalue weighted by atomic mass is 10.1. The molecule has 1 saturated heterocycles. The Morgan fingerprint density at radius 2 is 1.94 bits per heavy atom. The highest BCUT2D eigenvalue weighted by Gasteiger charge is 2.38. The summed E-state index contributed by atoms with van der Waals surface area (Å²) >= 11 is 12.4. The summed E-state index contributed by atoms with van der Waals surface area (Å²) in [5, 5.41) is 14.0. The lowest BCUT2D eigenvalue weighted by molar-refractivity contribution is 0.142. The van der Waals surface area contributed by atoms with Gasteiger partial charge in [-0.3, -0.25) is 4.90 Å². The van der Waals surface area contributed by atoms with Gasteiger partial charge in [0, 0.05) is 29.7 Å². The summed E-state index contributed by atoms with van der Waals surface area (Å²) < 4.78 is 5.06. The van der Waals surface area contributed by atoms with Crippen molar-refractivity contribution in [1.82, 2.24) is 19.9 Å². The van der Waals surface area contributed by atoms with Crippen LogP contribution >= 0.6 is 23.2 Å². The molecule has 0 spiro atoms. The maximum Gasteiger partial charge on any atom is 0.416 e. The van der Waals surface area contributed by atoms with Gasteiger partial charge in [-0.2, -0.15) is 4.98 Å². The van der Waals surface area contributed by atoms with Crippen LogP contribution in [0.5, 0.6) is 0 Å². The van der Waals surface area contributed by atoms with Crippen molar-refractivity contribution < 1.29 is 14.6 Å². The molecule has 3 atom stereocenters. The smallest absolute Gasteiger partial charge is 0.416 e. The van der Waals surface area contributed by atoms with E-state index in [1.54, 1.807) is 31.5 Å². The molecule has 0 aliphatic carbocycles. The van der Waals surface area contributed by atoms with E-state index in [0.29, 0.717) is 21.7 Å². The predicted molar refractivity (Wildman–Crippen MR) is 121 cm³/mol. The van der Waals surface area contributed by atoms with E-state index in [9.17, 15) is 9.90 Å². The van der Waals surface area contributed by atoms with E-state index in [-0.39, 0.29) is 18.6 Å². The molecule has 1 aliphatic rings. The Balaban J connectivity index is 1.51. The highest BCUT2D eigenvalue weighted by molar-refractivity contribution is 6.43. The van der Waals surface area contributed by atoms with Crippen LogP contribution in [0, 0.1) is 0 Å². The predicted octanol–water partition coefficient (Wildman–Crippen LogP) is 4.12. The fraction of sp³-hybridized carbons (Fsp3) is 0.286. The zero-order chi connectivity index (χ0) is 22.8. The number of hydrogen-bond donors (Lipinski definition) is 2. The fourth-order valence-corrected chi connectivity index (χ4v) is 3.70. The lowest BCUT2D eigenvalue weighted by Crippen LogP contribution is -2.41. The normalized spacial score (nSPS) is 17.7. The second-order valence-electron chi connectivity index (χ2n) is 7.29. The van der Waals surface area contributed by atoms with Crippen molar-refractivity contribution in [2.75, 3.05) is 16.8 Å². The number of halogens is 2. The number of ether oxygens (including phenoxy) is 1. The van der Waals surface area contributed by atoms with Gasteiger partial charge in [-0.15, -0.1) is 0 Å². The quantitative estimate of drug-likeness (QED) is 0.548. The Hall–Kier alpha value is -3.01. The SMILES string of the molecule is CC(Nc1nccc(N2C(=O)OC[C@@H]2C(C)O)n1)c1ncc(-c2cccc(Cl)c2Cl)cn1. The number of nitrogens with zero attached hydrogens (tertiary/aromatic N) is 5. The first-order valence-corrected chi connectivity index (χ1v) is 10.6. The van der Waals surface area contributed by atoms with Crippen LogP contribution in [0.2, 0.25) is 10.0 Å². The first-order valence-electron chi connectivity index (χ1n) is 9.85. The molecule has 1 amide bonds. The van der Waals surface area contributed by atoms with E-state index < -0.39 is 18.2 Å². The number of carbonyl (C=O) groups excluding carboxylic acids is 1. The van der Waals surface area contributed by atoms with Gasteiger partial charge in [0.25, 0.3) is 0 Å². The molecule has 2 N–H and O–H groups in total. The molecule has 3 aromatic rings. The number of aliphatic hydroxyl groups is 1. The number of hydrogen-bond acceptors (Lipinski definition) is 8. The molecule has 3 heterocycles. The first-order chi connectivity index (χ1) is 15.3. The highest BCUT2D eigenvalue weighted by Crippen LogP contribution is 2.33. The summed E-state index contributed by atoms with van der Waals surface area (Å²) in [5.74, 6) is 1.13. The molecule has 9 nitrogen and oxygen atoms in total. The number of nitrogens with one attached hydrogen (secondary N) is 1. The number of amides is 1. The molecular formula is C21H20Cl2N6O3. The summed E-state index contributed by atoms with van der Waals surface area (Å²) in [7, 11) is 0. The van der Waals surface area contributed by atoms with Crippen LogP contribution in [-0.4, -0.2) is 49.9 Å². The van der Waals surface area contributed by atoms with Gasteiger partial charge >= 0.3 is 6.09 Å². The van der Waals surface area contributed by atoms with Gasteiger partial charge in [-0.1, -0.05) is 35.3 Å². The summed E-state index contributed by atoms with van der Waals surface area (Å²) in [6, 6.07) is 6.11. The molecule has 11 heteroatoms. The van der Waals surface area contributed by atoms with Crippen LogP contribution < -0.4 is 10.2 Å². The average molecular weight is 475 g/mol. The van der Waals surface area contributed by atoms with Crippen molar-refractivity contribution in [1.29, 1.82) is 0 Å². The van der Waals surface area contributed by atoms with Gasteiger partial charge in [0.2, 0.25) is 5.95 Å². The summed E-state index contributed by atoms with van der Waals surface area (Å²) in [5.41, 5.74) is 1.48. The number of aromatic nitrogens is 4. The molecule has 32 heavy (non-hydrogen) atoms. The number of carbonyl (C=O) groups is 1. The molecule has 1 fully saturated rings. The lowest BCUT2D eigenvalue weighted by Gasteiger charge is -2.23. The van der Waals surface area contributed by atoms with Crippen molar-refractivity contribution in [3.8, 4) is 11.1 Å². The van der Waals surface area contributed by atoms with Crippen LogP contribution in [0.4, 0.5) is 16.6 Å². The first kappa shape index (κ1) is 22.2. The third kappa shape index (κ3) is 4.45. The van der Waals surface area contributed by atoms with E-state index >= 15 is 0 Å². The van der Waals surface area contributed by atoms with E-state index in [1.165, 1.54) is 11.1 Å². The Labute approximate surface area is 194 Å². The largest absolute Gasteiger partial charge is 0.447 e. The van der Waals surface area contributed by atoms with Gasteiger partial charge in [0.05, 0.1) is 22.2 Å². The van der Waals surface area contributed by atoms with Gasteiger partial charge < -0.3 is 15.2 Å². The fourth-order valence-electron chi connectivity index (χ4n) is 3.29. The third-order valence-corrected chi connectivity index (χ3v) is 5.84. The molecule has 1 aromatic carbocycles. The average Bonchev–Trinajstić information content (AvgIpc) is 3.18. The summed E-state index contributed by atoms with van der Waals surface area (Å²) in [4.78, 5) is 30.9. The van der Waals surface area contributed by atoms with E-state index in [4.69, 9.17) is 27.9 Å². The number of rotatable bonds is 6. The van der Waals surface area contributed by atoms with Gasteiger partial charge in [-0.25, -0.2) is 19.7 Å². The van der Waals surface area contributed by atoms with E-state index in [2.05, 4.69) is 25.3 Å². The molecular weight excluding hydrogens is 455 g/mol. The molecule has 2 unspecified atom stereocenters. The van der Waals surface area contributed by atoms with Crippen LogP contribution in [0.1, 0.15) is 25.7 Å². The zero-order valence-electron chi connectivity index (χ0n) is 17.2. The third-order valence-electron chi connectivity index (χ3n) is 5.02. The minimum absolute atomic E-state index is 0.0937. The maximum atomic E-state index is 12.1. The second-order valence-corrected chi connectivity index (χ2v) is 8.08. The highest BCUT2D eigenvalue weighted by atomic mass is 35.5. The van der Waals surface area contributed by atoms with Crippen LogP contribution in [0.15, 0.2) is 42.9 Å². The van der Waals surface area contributed by atoms with E-state index in [1.807, 2.05) is 19.1 Å². The molecule has 166 valence electrons. The van der Waals surface area contributed by atoms with Crippen molar-refractivity contribution in [2.24, 2.45) is 0 Å². The number of anilines is 2. The number of aliphatic hydroxyl groups excluding tert-OH is 1. The minimum Gasteiger partial charge on any atom is -0.447 e. The Bertz CT molecular complexity index is 1130. The summed E-state index contributed by atoms with van der Waals surface area (Å²) in [6.45, 7) is 3.55. The Kier molecular flexibility index (Phi) is 6.40. The van der Waals surface area contributed by atoms with Crippen molar-refractivity contribution in [3.63, 3.8) is 0 Å². The Morgan fingerprint density at radius 3 is 2.66 bits per heavy atom. The molecule has 0 bridgehead atoms. The zero-order valence-corrected chi connectivity index (χ0v) is 18.7. The van der Waals surface area contributed by atoms with Crippen molar-refractivity contribution in [2.45, 2.75) is 32.0 Å². The van der Waals surface area contributed by atoms with Gasteiger partial charge in [0.1, 0.15) is 24.3 Å². The second kappa shape index (κ2) is 9.23. The topological polar surface area (TPSA) is 113 Å². The monoisotopic (exact) mass is 474 g/mol. The summed E-state index contributed by atoms with van der Waals surface area (Å²) in [6.07, 6.45) is 3.53. The Morgan fingerprint density at radius 1 is 1.19 bits per heavy atom.